The molecule has 0 aliphatic heterocycles. The zero-order chi connectivity index (χ0) is 13.1. The van der Waals surface area contributed by atoms with E-state index < -0.39 is 5.91 Å². The fourth-order valence-electron chi connectivity index (χ4n) is 1.36. The van der Waals surface area contributed by atoms with E-state index in [-0.39, 0.29) is 22.0 Å². The Labute approximate surface area is 107 Å². The van der Waals surface area contributed by atoms with Crippen LogP contribution in [0.4, 0.5) is 5.69 Å². The first-order valence-electron chi connectivity index (χ1n) is 5.05. The van der Waals surface area contributed by atoms with Crippen LogP contribution in [0.1, 0.15) is 10.5 Å². The molecule has 3 N–H and O–H groups in total. The third kappa shape index (κ3) is 2.70. The van der Waals surface area contributed by atoms with E-state index in [1.807, 2.05) is 0 Å². The highest BCUT2D eigenvalue weighted by atomic mass is 35.5. The van der Waals surface area contributed by atoms with E-state index in [2.05, 4.69) is 10.3 Å². The van der Waals surface area contributed by atoms with Crippen LogP contribution in [0, 0.1) is 0 Å². The average molecular weight is 265 g/mol. The molecule has 0 fully saturated rings. The van der Waals surface area contributed by atoms with Gasteiger partial charge in [0.2, 0.25) is 5.56 Å². The molecule has 0 unspecified atom stereocenters. The summed E-state index contributed by atoms with van der Waals surface area (Å²) < 4.78 is 0. The largest absolute Gasteiger partial charge is 0.506 e. The van der Waals surface area contributed by atoms with Crippen molar-refractivity contribution in [1.29, 1.82) is 0 Å². The van der Waals surface area contributed by atoms with Gasteiger partial charge in [-0.15, -0.1) is 0 Å². The van der Waals surface area contributed by atoms with Crippen molar-refractivity contribution in [3.8, 4) is 5.75 Å². The number of carbonyl (C=O) groups excluding carboxylic acids is 1. The Morgan fingerprint density at radius 2 is 2.06 bits per heavy atom. The third-order valence-electron chi connectivity index (χ3n) is 2.22. The molecule has 1 aromatic carbocycles. The normalized spacial score (nSPS) is 10.1. The Hall–Kier alpha value is -2.27. The van der Waals surface area contributed by atoms with Gasteiger partial charge in [-0.2, -0.15) is 0 Å². The van der Waals surface area contributed by atoms with Crippen LogP contribution in [0.3, 0.4) is 0 Å². The Bertz CT molecular complexity index is 652. The summed E-state index contributed by atoms with van der Waals surface area (Å²) in [6.45, 7) is 0. The number of aromatic nitrogens is 1. The van der Waals surface area contributed by atoms with Crippen molar-refractivity contribution in [3.63, 3.8) is 0 Å². The number of anilines is 1. The van der Waals surface area contributed by atoms with Crippen LogP contribution in [0.15, 0.2) is 41.2 Å². The highest BCUT2D eigenvalue weighted by molar-refractivity contribution is 6.32. The molecule has 2 aromatic rings. The molecule has 6 heteroatoms. The van der Waals surface area contributed by atoms with Crippen molar-refractivity contribution in [3.05, 3.63) is 57.5 Å². The number of nitrogens with one attached hydrogen (secondary N) is 2. The molecule has 0 bridgehead atoms. The second kappa shape index (κ2) is 4.93. The van der Waals surface area contributed by atoms with Crippen molar-refractivity contribution in [2.24, 2.45) is 0 Å². The van der Waals surface area contributed by atoms with Crippen molar-refractivity contribution < 1.29 is 9.90 Å². The molecule has 5 nitrogen and oxygen atoms in total. The lowest BCUT2D eigenvalue weighted by Crippen LogP contribution is -2.17. The lowest BCUT2D eigenvalue weighted by atomic mass is 10.3. The SMILES string of the molecule is O=C(Nc1ccc(O)c(Cl)c1)c1cccc(=O)[nH]1. The molecule has 0 radical (unpaired) electrons. The highest BCUT2D eigenvalue weighted by Gasteiger charge is 2.07. The summed E-state index contributed by atoms with van der Waals surface area (Å²) in [5.74, 6) is -0.530. The van der Waals surface area contributed by atoms with Gasteiger partial charge in [-0.1, -0.05) is 17.7 Å². The predicted molar refractivity (Wildman–Crippen MR) is 68.1 cm³/mol. The number of aromatic amines is 1. The quantitative estimate of drug-likeness (QED) is 0.726. The van der Waals surface area contributed by atoms with Gasteiger partial charge in [-0.05, 0) is 24.3 Å². The second-order valence-corrected chi connectivity index (χ2v) is 3.96. The summed E-state index contributed by atoms with van der Waals surface area (Å²) in [6, 6.07) is 8.56. The van der Waals surface area contributed by atoms with Crippen molar-refractivity contribution >= 4 is 23.2 Å². The van der Waals surface area contributed by atoms with Crippen LogP contribution in [-0.4, -0.2) is 16.0 Å². The van der Waals surface area contributed by atoms with E-state index in [4.69, 9.17) is 11.6 Å². The Kier molecular flexibility index (Phi) is 3.34. The van der Waals surface area contributed by atoms with Crippen molar-refractivity contribution in [2.75, 3.05) is 5.32 Å². The smallest absolute Gasteiger partial charge is 0.272 e. The summed E-state index contributed by atoms with van der Waals surface area (Å²) in [7, 11) is 0. The zero-order valence-corrected chi connectivity index (χ0v) is 9.86. The number of hydrogen-bond acceptors (Lipinski definition) is 3. The molecule has 0 spiro atoms. The highest BCUT2D eigenvalue weighted by Crippen LogP contribution is 2.26. The summed E-state index contributed by atoms with van der Waals surface area (Å²) >= 11 is 5.71. The molecule has 0 saturated heterocycles. The maximum Gasteiger partial charge on any atom is 0.272 e. The van der Waals surface area contributed by atoms with E-state index in [1.165, 1.54) is 36.4 Å². The van der Waals surface area contributed by atoms with Gasteiger partial charge in [0.05, 0.1) is 5.02 Å². The Morgan fingerprint density at radius 1 is 1.28 bits per heavy atom. The number of amides is 1. The number of H-pyrrole nitrogens is 1. The molecule has 1 aromatic heterocycles. The number of hydrogen-bond donors (Lipinski definition) is 3. The fourth-order valence-corrected chi connectivity index (χ4v) is 1.54. The number of phenols is 1. The average Bonchev–Trinajstić information content (AvgIpc) is 2.34. The minimum atomic E-state index is -0.463. The molecule has 0 atom stereocenters. The van der Waals surface area contributed by atoms with Gasteiger partial charge >= 0.3 is 0 Å². The Balaban J connectivity index is 2.21. The van der Waals surface area contributed by atoms with E-state index >= 15 is 0 Å². The van der Waals surface area contributed by atoms with Gasteiger partial charge in [0, 0.05) is 11.8 Å². The van der Waals surface area contributed by atoms with Gasteiger partial charge < -0.3 is 15.4 Å². The van der Waals surface area contributed by atoms with Gasteiger partial charge in [0.15, 0.2) is 0 Å². The number of phenolic OH excluding ortho intramolecular Hbond substituents is 1. The van der Waals surface area contributed by atoms with Crippen molar-refractivity contribution in [1.82, 2.24) is 4.98 Å². The minimum Gasteiger partial charge on any atom is -0.506 e. The van der Waals surface area contributed by atoms with Gasteiger partial charge in [0.1, 0.15) is 11.4 Å². The standard InChI is InChI=1S/C12H9ClN2O3/c13-8-6-7(4-5-10(8)16)14-12(18)9-2-1-3-11(17)15-9/h1-6,16H,(H,14,18)(H,15,17). The molecule has 2 rings (SSSR count). The summed E-state index contributed by atoms with van der Waals surface area (Å²) in [6.07, 6.45) is 0. The summed E-state index contributed by atoms with van der Waals surface area (Å²) in [5, 5.41) is 11.9. The molecule has 0 saturated carbocycles. The maximum atomic E-state index is 11.8. The van der Waals surface area contributed by atoms with Crippen LogP contribution in [0.2, 0.25) is 5.02 Å². The first-order valence-corrected chi connectivity index (χ1v) is 5.43. The number of pyridine rings is 1. The predicted octanol–water partition coefficient (Wildman–Crippen LogP) is 1.99. The molecule has 1 amide bonds. The first-order chi connectivity index (χ1) is 8.56. The van der Waals surface area contributed by atoms with E-state index in [9.17, 15) is 14.7 Å². The lowest BCUT2D eigenvalue weighted by Gasteiger charge is -2.06. The molecule has 0 aliphatic rings. The lowest BCUT2D eigenvalue weighted by molar-refractivity contribution is 0.102. The molecule has 92 valence electrons. The Morgan fingerprint density at radius 3 is 2.72 bits per heavy atom. The first kappa shape index (κ1) is 12.2. The van der Waals surface area contributed by atoms with E-state index in [1.54, 1.807) is 0 Å². The van der Waals surface area contributed by atoms with Crippen LogP contribution in [0.5, 0.6) is 5.75 Å². The zero-order valence-electron chi connectivity index (χ0n) is 9.11. The number of benzene rings is 1. The molecule has 0 aliphatic carbocycles. The molecular weight excluding hydrogens is 256 g/mol. The number of rotatable bonds is 2. The maximum absolute atomic E-state index is 11.8. The molecule has 1 heterocycles. The molecule has 18 heavy (non-hydrogen) atoms. The number of halogens is 1. The number of carbonyl (C=O) groups is 1. The van der Waals surface area contributed by atoms with Crippen LogP contribution >= 0.6 is 11.6 Å². The minimum absolute atomic E-state index is 0.0669. The third-order valence-corrected chi connectivity index (χ3v) is 2.52. The van der Waals surface area contributed by atoms with E-state index in [0.717, 1.165) is 0 Å². The summed E-state index contributed by atoms with van der Waals surface area (Å²) in [5.41, 5.74) is 0.214. The van der Waals surface area contributed by atoms with Gasteiger partial charge in [-0.3, -0.25) is 9.59 Å². The molecular formula is C12H9ClN2O3. The van der Waals surface area contributed by atoms with E-state index in [0.29, 0.717) is 5.69 Å². The number of aromatic hydroxyl groups is 1. The topological polar surface area (TPSA) is 82.2 Å². The van der Waals surface area contributed by atoms with Crippen LogP contribution in [0.25, 0.3) is 0 Å². The monoisotopic (exact) mass is 264 g/mol. The van der Waals surface area contributed by atoms with Crippen LogP contribution in [-0.2, 0) is 0 Å². The fraction of sp³-hybridized carbons (Fsp3) is 0. The van der Waals surface area contributed by atoms with Gasteiger partial charge in [-0.25, -0.2) is 0 Å². The van der Waals surface area contributed by atoms with Gasteiger partial charge in [0.25, 0.3) is 5.91 Å². The second-order valence-electron chi connectivity index (χ2n) is 3.55. The summed E-state index contributed by atoms with van der Waals surface area (Å²) in [4.78, 5) is 25.2. The van der Waals surface area contributed by atoms with Crippen LogP contribution < -0.4 is 10.9 Å². The van der Waals surface area contributed by atoms with Crippen molar-refractivity contribution in [2.45, 2.75) is 0 Å².